The first-order valence-electron chi connectivity index (χ1n) is 5.40. The third-order valence-corrected chi connectivity index (χ3v) is 2.62. The van der Waals surface area contributed by atoms with Crippen molar-refractivity contribution in [2.75, 3.05) is 11.9 Å². The van der Waals surface area contributed by atoms with Crippen LogP contribution in [0.3, 0.4) is 0 Å². The highest BCUT2D eigenvalue weighted by atomic mass is 16.4. The number of nitrogens with zero attached hydrogens (tertiary/aromatic N) is 1. The summed E-state index contributed by atoms with van der Waals surface area (Å²) in [6, 6.07) is 2.73. The molecule has 0 radical (unpaired) electrons. The van der Waals surface area contributed by atoms with E-state index in [0.29, 0.717) is 12.4 Å². The maximum atomic E-state index is 11.5. The summed E-state index contributed by atoms with van der Waals surface area (Å²) in [5.41, 5.74) is 0.128. The van der Waals surface area contributed by atoms with E-state index in [0.717, 1.165) is 12.8 Å². The van der Waals surface area contributed by atoms with Crippen molar-refractivity contribution in [1.29, 1.82) is 0 Å². The number of aromatic carboxylic acids is 1. The van der Waals surface area contributed by atoms with E-state index in [2.05, 4.69) is 15.6 Å². The van der Waals surface area contributed by atoms with E-state index in [-0.39, 0.29) is 17.5 Å². The van der Waals surface area contributed by atoms with Gasteiger partial charge in [0, 0.05) is 12.7 Å². The lowest BCUT2D eigenvalue weighted by molar-refractivity contribution is -0.123. The number of aromatic nitrogens is 1. The van der Waals surface area contributed by atoms with Gasteiger partial charge in [-0.15, -0.1) is 0 Å². The fourth-order valence-electron chi connectivity index (χ4n) is 1.69. The van der Waals surface area contributed by atoms with Crippen molar-refractivity contribution in [3.8, 4) is 0 Å². The van der Waals surface area contributed by atoms with Gasteiger partial charge in [0.2, 0.25) is 5.91 Å². The molecule has 17 heavy (non-hydrogen) atoms. The van der Waals surface area contributed by atoms with E-state index in [4.69, 9.17) is 5.11 Å². The monoisotopic (exact) mass is 235 g/mol. The minimum atomic E-state index is -1.01. The molecular formula is C11H13N3O3. The molecule has 1 aliphatic rings. The second-order valence-electron chi connectivity index (χ2n) is 3.87. The molecule has 1 atom stereocenters. The van der Waals surface area contributed by atoms with Crippen LogP contribution in [0.1, 0.15) is 23.2 Å². The van der Waals surface area contributed by atoms with E-state index in [1.54, 1.807) is 6.07 Å². The number of rotatable bonds is 3. The molecule has 0 aromatic carbocycles. The lowest BCUT2D eigenvalue weighted by atomic mass is 10.1. The first-order valence-corrected chi connectivity index (χ1v) is 5.40. The highest BCUT2D eigenvalue weighted by Gasteiger charge is 2.21. The minimum absolute atomic E-state index is 0.0413. The van der Waals surface area contributed by atoms with Crippen LogP contribution in [0.25, 0.3) is 0 Å². The van der Waals surface area contributed by atoms with E-state index in [9.17, 15) is 9.59 Å². The third kappa shape index (κ3) is 2.72. The normalized spacial score (nSPS) is 19.5. The lowest BCUT2D eigenvalue weighted by Gasteiger charge is -2.23. The summed E-state index contributed by atoms with van der Waals surface area (Å²) in [5.74, 6) is -0.545. The molecule has 90 valence electrons. The fraction of sp³-hybridized carbons (Fsp3) is 0.364. The predicted molar refractivity (Wildman–Crippen MR) is 60.9 cm³/mol. The van der Waals surface area contributed by atoms with E-state index < -0.39 is 5.97 Å². The second-order valence-corrected chi connectivity index (χ2v) is 3.87. The van der Waals surface area contributed by atoms with Gasteiger partial charge in [-0.05, 0) is 25.0 Å². The number of carbonyl (C=O) groups is 2. The van der Waals surface area contributed by atoms with Crippen LogP contribution in [0.4, 0.5) is 5.82 Å². The van der Waals surface area contributed by atoms with Gasteiger partial charge in [0.1, 0.15) is 11.9 Å². The van der Waals surface area contributed by atoms with Crippen molar-refractivity contribution >= 4 is 17.7 Å². The van der Waals surface area contributed by atoms with Crippen LogP contribution in [0.5, 0.6) is 0 Å². The zero-order valence-corrected chi connectivity index (χ0v) is 9.14. The Kier molecular flexibility index (Phi) is 3.22. The standard InChI is InChI=1S/C11H13N3O3/c15-10-8(2-1-5-12-10)14-9-4-3-7(6-13-9)11(16)17/h3-4,6,8H,1-2,5H2,(H,12,15)(H,13,14)(H,16,17). The van der Waals surface area contributed by atoms with Gasteiger partial charge in [-0.25, -0.2) is 9.78 Å². The smallest absolute Gasteiger partial charge is 0.337 e. The Labute approximate surface area is 98.1 Å². The molecule has 0 aliphatic carbocycles. The molecule has 1 saturated heterocycles. The minimum Gasteiger partial charge on any atom is -0.478 e. The zero-order valence-electron chi connectivity index (χ0n) is 9.14. The largest absolute Gasteiger partial charge is 0.478 e. The summed E-state index contributed by atoms with van der Waals surface area (Å²) >= 11 is 0. The van der Waals surface area contributed by atoms with Crippen LogP contribution in [-0.2, 0) is 4.79 Å². The Hall–Kier alpha value is -2.11. The lowest BCUT2D eigenvalue weighted by Crippen LogP contribution is -2.44. The number of carbonyl (C=O) groups excluding carboxylic acids is 1. The number of nitrogens with one attached hydrogen (secondary N) is 2. The van der Waals surface area contributed by atoms with Crippen LogP contribution in [0.15, 0.2) is 18.3 Å². The molecule has 0 bridgehead atoms. The molecule has 6 heteroatoms. The molecule has 0 spiro atoms. The highest BCUT2D eigenvalue weighted by molar-refractivity contribution is 5.88. The van der Waals surface area contributed by atoms with Crippen LogP contribution < -0.4 is 10.6 Å². The summed E-state index contributed by atoms with van der Waals surface area (Å²) < 4.78 is 0. The van der Waals surface area contributed by atoms with Gasteiger partial charge in [-0.3, -0.25) is 4.79 Å². The average Bonchev–Trinajstić information content (AvgIpc) is 2.33. The topological polar surface area (TPSA) is 91.3 Å². The van der Waals surface area contributed by atoms with Gasteiger partial charge in [0.15, 0.2) is 0 Å². The number of hydrogen-bond acceptors (Lipinski definition) is 4. The number of hydrogen-bond donors (Lipinski definition) is 3. The van der Waals surface area contributed by atoms with Crippen molar-refractivity contribution in [3.63, 3.8) is 0 Å². The molecule has 1 amide bonds. The van der Waals surface area contributed by atoms with Crippen LogP contribution in [0, 0.1) is 0 Å². The van der Waals surface area contributed by atoms with Gasteiger partial charge in [-0.2, -0.15) is 0 Å². The third-order valence-electron chi connectivity index (χ3n) is 2.62. The quantitative estimate of drug-likeness (QED) is 0.708. The molecule has 1 aliphatic heterocycles. The number of pyridine rings is 1. The summed E-state index contributed by atoms with van der Waals surface area (Å²) in [6.45, 7) is 0.711. The first kappa shape index (κ1) is 11.4. The Bertz CT molecular complexity index is 430. The molecule has 1 aromatic heterocycles. The summed E-state index contributed by atoms with van der Waals surface area (Å²) in [7, 11) is 0. The number of anilines is 1. The zero-order chi connectivity index (χ0) is 12.3. The maximum absolute atomic E-state index is 11.5. The summed E-state index contributed by atoms with van der Waals surface area (Å²) in [4.78, 5) is 26.1. The molecule has 1 unspecified atom stereocenters. The summed E-state index contributed by atoms with van der Waals surface area (Å²) in [6.07, 6.45) is 2.95. The fourth-order valence-corrected chi connectivity index (χ4v) is 1.69. The van der Waals surface area contributed by atoms with E-state index in [1.807, 2.05) is 0 Å². The van der Waals surface area contributed by atoms with Crippen molar-refractivity contribution < 1.29 is 14.7 Å². The number of carboxylic acid groups (broad SMARTS) is 1. The Morgan fingerprint density at radius 3 is 2.94 bits per heavy atom. The molecule has 2 heterocycles. The Morgan fingerprint density at radius 2 is 2.35 bits per heavy atom. The van der Waals surface area contributed by atoms with E-state index in [1.165, 1.54) is 12.3 Å². The van der Waals surface area contributed by atoms with Gasteiger partial charge >= 0.3 is 5.97 Å². The molecule has 1 fully saturated rings. The SMILES string of the molecule is O=C(O)c1ccc(NC2CCCNC2=O)nc1. The van der Waals surface area contributed by atoms with Gasteiger partial charge in [0.05, 0.1) is 5.56 Å². The number of carboxylic acids is 1. The summed E-state index contributed by atoms with van der Waals surface area (Å²) in [5, 5.41) is 14.5. The van der Waals surface area contributed by atoms with Crippen molar-refractivity contribution in [3.05, 3.63) is 23.9 Å². The molecule has 3 N–H and O–H groups in total. The molecule has 2 rings (SSSR count). The number of amides is 1. The van der Waals surface area contributed by atoms with Crippen molar-refractivity contribution in [1.82, 2.24) is 10.3 Å². The molecular weight excluding hydrogens is 222 g/mol. The van der Waals surface area contributed by atoms with Gasteiger partial charge in [0.25, 0.3) is 0 Å². The van der Waals surface area contributed by atoms with Crippen LogP contribution >= 0.6 is 0 Å². The van der Waals surface area contributed by atoms with Crippen LogP contribution in [-0.4, -0.2) is 34.6 Å². The first-order chi connectivity index (χ1) is 8.16. The average molecular weight is 235 g/mol. The van der Waals surface area contributed by atoms with Crippen molar-refractivity contribution in [2.24, 2.45) is 0 Å². The molecule has 1 aromatic rings. The molecule has 0 saturated carbocycles. The van der Waals surface area contributed by atoms with Gasteiger partial charge in [-0.1, -0.05) is 0 Å². The highest BCUT2D eigenvalue weighted by Crippen LogP contribution is 2.11. The van der Waals surface area contributed by atoms with Crippen molar-refractivity contribution in [2.45, 2.75) is 18.9 Å². The van der Waals surface area contributed by atoms with Gasteiger partial charge < -0.3 is 15.7 Å². The Morgan fingerprint density at radius 1 is 1.53 bits per heavy atom. The molecule has 6 nitrogen and oxygen atoms in total. The Balaban J connectivity index is 2.03. The number of piperidine rings is 1. The maximum Gasteiger partial charge on any atom is 0.337 e. The second kappa shape index (κ2) is 4.82. The van der Waals surface area contributed by atoms with Crippen LogP contribution in [0.2, 0.25) is 0 Å². The predicted octanol–water partition coefficient (Wildman–Crippen LogP) is 0.470. The van der Waals surface area contributed by atoms with E-state index >= 15 is 0 Å².